The van der Waals surface area contributed by atoms with E-state index in [0.717, 1.165) is 0 Å². The second-order valence-corrected chi connectivity index (χ2v) is 22.7. The van der Waals surface area contributed by atoms with Gasteiger partial charge in [-0.2, -0.15) is 0 Å². The second kappa shape index (κ2) is 5.22. The minimum atomic E-state index is -4.50. The van der Waals surface area contributed by atoms with Crippen LogP contribution in [-0.4, -0.2) is 47.1 Å². The van der Waals surface area contributed by atoms with Crippen LogP contribution in [0.5, 0.6) is 0 Å². The zero-order valence-electron chi connectivity index (χ0n) is 15.6. The van der Waals surface area contributed by atoms with Crippen molar-refractivity contribution in [3.05, 3.63) is 0 Å². The summed E-state index contributed by atoms with van der Waals surface area (Å²) >= 11 is 0. The van der Waals surface area contributed by atoms with Crippen LogP contribution in [0.2, 0.25) is 36.3 Å². The van der Waals surface area contributed by atoms with Gasteiger partial charge in [0.25, 0.3) is 0 Å². The quantitative estimate of drug-likeness (QED) is 0.510. The molecule has 0 aromatic heterocycles. The molecule has 1 saturated heterocycles. The Balaban J connectivity index is 3.21. The minimum Gasteiger partial charge on any atom is -0.281 e. The summed E-state index contributed by atoms with van der Waals surface area (Å²) in [4.78, 5) is 0. The molecule has 7 heteroatoms. The maximum atomic E-state index is 15.4. The van der Waals surface area contributed by atoms with E-state index in [4.69, 9.17) is 0 Å². The van der Waals surface area contributed by atoms with Crippen LogP contribution in [0.3, 0.4) is 0 Å². The number of hydrogen-bond donors (Lipinski definition) is 0. The van der Waals surface area contributed by atoms with Gasteiger partial charge in [0, 0.05) is 13.1 Å². The fourth-order valence-corrected chi connectivity index (χ4v) is 15.0. The smallest absolute Gasteiger partial charge is 0.281 e. The summed E-state index contributed by atoms with van der Waals surface area (Å²) in [7, 11) is -8.82. The van der Waals surface area contributed by atoms with E-state index in [2.05, 4.69) is 67.7 Å². The predicted octanol–water partition coefficient (Wildman–Crippen LogP) is 4.99. The minimum absolute atomic E-state index is 0.0349. The van der Waals surface area contributed by atoms with E-state index in [1.807, 2.05) is 0 Å². The van der Waals surface area contributed by atoms with Crippen LogP contribution in [0.15, 0.2) is 0 Å². The molecule has 1 aliphatic rings. The molecular formula is C14H34F2N2Si3. The van der Waals surface area contributed by atoms with Crippen molar-refractivity contribution in [1.82, 2.24) is 8.46 Å². The van der Waals surface area contributed by atoms with Gasteiger partial charge >= 0.3 is 9.06 Å². The maximum Gasteiger partial charge on any atom is 0.586 e. The summed E-state index contributed by atoms with van der Waals surface area (Å²) in [6.07, 6.45) is 0. The summed E-state index contributed by atoms with van der Waals surface area (Å²) in [5.41, 5.74) is 0. The first kappa shape index (κ1) is 19.5. The van der Waals surface area contributed by atoms with E-state index < -0.39 is 25.5 Å². The van der Waals surface area contributed by atoms with Crippen molar-refractivity contribution in [1.29, 1.82) is 0 Å². The molecule has 0 bridgehead atoms. The van der Waals surface area contributed by atoms with E-state index in [1.54, 1.807) is 8.46 Å². The third-order valence-electron chi connectivity index (χ3n) is 6.22. The van der Waals surface area contributed by atoms with Crippen molar-refractivity contribution in [3.63, 3.8) is 0 Å². The number of rotatable bonds is 2. The van der Waals surface area contributed by atoms with Crippen LogP contribution < -0.4 is 0 Å². The number of hydrogen-bond acceptors (Lipinski definition) is 2. The van der Waals surface area contributed by atoms with Crippen LogP contribution >= 0.6 is 0 Å². The van der Waals surface area contributed by atoms with Gasteiger partial charge in [-0.1, -0.05) is 67.7 Å². The van der Waals surface area contributed by atoms with Gasteiger partial charge in [-0.05, 0) is 10.1 Å². The SMILES string of the molecule is CC(C)(C)[Si](C)(C)N1CCN([Si](C)(C)C(C)(C)C)[Si]1(F)F. The molecule has 0 N–H and O–H groups in total. The average Bonchev–Trinajstić information content (AvgIpc) is 2.50. The molecule has 1 aliphatic heterocycles. The molecule has 0 spiro atoms. The molecule has 0 aliphatic carbocycles. The molecule has 1 heterocycles. The van der Waals surface area contributed by atoms with Crippen LogP contribution in [0.1, 0.15) is 41.5 Å². The lowest BCUT2D eigenvalue weighted by Gasteiger charge is -2.49. The average molecular weight is 353 g/mol. The highest BCUT2D eigenvalue weighted by Gasteiger charge is 2.66. The molecule has 0 aromatic rings. The summed E-state index contributed by atoms with van der Waals surface area (Å²) in [6.45, 7) is 22.3. The molecule has 1 fully saturated rings. The Bertz CT molecular complexity index is 362. The second-order valence-electron chi connectivity index (χ2n) is 9.43. The van der Waals surface area contributed by atoms with Gasteiger partial charge in [0.05, 0.1) is 0 Å². The zero-order valence-corrected chi connectivity index (χ0v) is 18.6. The third kappa shape index (κ3) is 3.08. The summed E-state index contributed by atoms with van der Waals surface area (Å²) in [5, 5.41) is -0.0697. The molecule has 21 heavy (non-hydrogen) atoms. The van der Waals surface area contributed by atoms with Gasteiger partial charge in [0.2, 0.25) is 0 Å². The molecule has 126 valence electrons. The van der Waals surface area contributed by atoms with E-state index in [-0.39, 0.29) is 10.1 Å². The highest BCUT2D eigenvalue weighted by molar-refractivity contribution is 6.94. The Hall–Kier alpha value is 0.431. The van der Waals surface area contributed by atoms with Gasteiger partial charge in [0.15, 0.2) is 0 Å². The molecule has 1 rings (SSSR count). The largest absolute Gasteiger partial charge is 0.586 e. The fraction of sp³-hybridized carbons (Fsp3) is 1.00. The molecule has 0 aromatic carbocycles. The highest BCUT2D eigenvalue weighted by Crippen LogP contribution is 2.48. The van der Waals surface area contributed by atoms with Crippen LogP contribution in [0.4, 0.5) is 8.22 Å². The standard InChI is InChI=1S/C14H34F2N2Si3/c1-13(2,3)19(7,8)17-11-12-18(21(17,15)16)20(9,10)14(4,5)6/h11-12H2,1-10H3. The fourth-order valence-electron chi connectivity index (χ4n) is 2.66. The summed E-state index contributed by atoms with van der Waals surface area (Å²) in [6, 6.07) is 0. The van der Waals surface area contributed by atoms with Crippen LogP contribution in [0, 0.1) is 0 Å². The Labute approximate surface area is 133 Å². The molecule has 0 radical (unpaired) electrons. The zero-order chi connectivity index (χ0) is 17.1. The molecule has 0 amide bonds. The van der Waals surface area contributed by atoms with E-state index in [9.17, 15) is 0 Å². The van der Waals surface area contributed by atoms with Gasteiger partial charge in [-0.25, -0.2) is 8.22 Å². The van der Waals surface area contributed by atoms with Gasteiger partial charge in [0.1, 0.15) is 16.5 Å². The summed E-state index contributed by atoms with van der Waals surface area (Å²) in [5.74, 6) is 0. The monoisotopic (exact) mass is 352 g/mol. The molecule has 0 unspecified atom stereocenters. The number of nitrogens with zero attached hydrogens (tertiary/aromatic N) is 2. The first-order valence-electron chi connectivity index (χ1n) is 7.90. The molecular weight excluding hydrogens is 318 g/mol. The third-order valence-corrected chi connectivity index (χ3v) is 23.4. The lowest BCUT2D eigenvalue weighted by Crippen LogP contribution is -2.70. The van der Waals surface area contributed by atoms with Crippen LogP contribution in [-0.2, 0) is 0 Å². The van der Waals surface area contributed by atoms with E-state index >= 15 is 8.22 Å². The van der Waals surface area contributed by atoms with Crippen molar-refractivity contribution in [3.8, 4) is 0 Å². The van der Waals surface area contributed by atoms with Crippen molar-refractivity contribution in [2.45, 2.75) is 77.8 Å². The van der Waals surface area contributed by atoms with Gasteiger partial charge in [-0.3, -0.25) is 8.46 Å². The first-order chi connectivity index (χ1) is 8.97. The summed E-state index contributed by atoms with van der Waals surface area (Å²) < 4.78 is 34.2. The first-order valence-corrected chi connectivity index (χ1v) is 15.4. The predicted molar refractivity (Wildman–Crippen MR) is 95.8 cm³/mol. The lowest BCUT2D eigenvalue weighted by molar-refractivity contribution is 0.418. The number of halogens is 2. The van der Waals surface area contributed by atoms with Gasteiger partial charge < -0.3 is 0 Å². The van der Waals surface area contributed by atoms with Gasteiger partial charge in [-0.15, -0.1) is 0 Å². The Morgan fingerprint density at radius 2 is 0.952 bits per heavy atom. The molecule has 2 nitrogen and oxygen atoms in total. The molecule has 0 atom stereocenters. The van der Waals surface area contributed by atoms with E-state index in [0.29, 0.717) is 13.1 Å². The Morgan fingerprint density at radius 1 is 0.714 bits per heavy atom. The van der Waals surface area contributed by atoms with Crippen molar-refractivity contribution >= 4 is 25.5 Å². The highest BCUT2D eigenvalue weighted by atomic mass is 28.5. The maximum absolute atomic E-state index is 15.4. The van der Waals surface area contributed by atoms with Crippen molar-refractivity contribution in [2.75, 3.05) is 13.1 Å². The molecule has 0 saturated carbocycles. The Morgan fingerprint density at radius 3 is 1.14 bits per heavy atom. The Kier molecular flexibility index (Phi) is 4.84. The normalized spacial score (nSPS) is 22.9. The lowest BCUT2D eigenvalue weighted by atomic mass is 10.2. The van der Waals surface area contributed by atoms with E-state index in [1.165, 1.54) is 0 Å². The van der Waals surface area contributed by atoms with Crippen LogP contribution in [0.25, 0.3) is 0 Å². The van der Waals surface area contributed by atoms with Crippen molar-refractivity contribution in [2.24, 2.45) is 0 Å². The van der Waals surface area contributed by atoms with Crippen molar-refractivity contribution < 1.29 is 8.22 Å². The topological polar surface area (TPSA) is 6.48 Å².